The second-order valence-electron chi connectivity index (χ2n) is 4.67. The lowest BCUT2D eigenvalue weighted by molar-refractivity contribution is 0.415. The Kier molecular flexibility index (Phi) is 5.77. The Morgan fingerprint density at radius 2 is 2.18 bits per heavy atom. The molecule has 96 valence electrons. The van der Waals surface area contributed by atoms with Crippen molar-refractivity contribution in [2.75, 3.05) is 0 Å². The van der Waals surface area contributed by atoms with Crippen LogP contribution >= 0.6 is 28.3 Å². The summed E-state index contributed by atoms with van der Waals surface area (Å²) in [6.07, 6.45) is 3.90. The van der Waals surface area contributed by atoms with Crippen molar-refractivity contribution in [3.05, 3.63) is 28.2 Å². The van der Waals surface area contributed by atoms with Gasteiger partial charge in [-0.1, -0.05) is 29.3 Å². The van der Waals surface area contributed by atoms with Gasteiger partial charge in [-0.3, -0.25) is 0 Å². The molecular formula is C13H19BrClNO. The first-order chi connectivity index (χ1) is 7.66. The molecular weight excluding hydrogens is 302 g/mol. The molecule has 0 heterocycles. The van der Waals surface area contributed by atoms with Gasteiger partial charge in [-0.2, -0.15) is 0 Å². The predicted molar refractivity (Wildman–Crippen MR) is 76.7 cm³/mol. The average molecular weight is 321 g/mol. The van der Waals surface area contributed by atoms with Crippen molar-refractivity contribution in [2.45, 2.75) is 38.8 Å². The molecule has 2 nitrogen and oxygen atoms in total. The van der Waals surface area contributed by atoms with Gasteiger partial charge in [-0.25, -0.2) is 0 Å². The van der Waals surface area contributed by atoms with E-state index >= 15 is 0 Å². The summed E-state index contributed by atoms with van der Waals surface area (Å²) in [7, 11) is 0. The lowest BCUT2D eigenvalue weighted by atomic mass is 10.1. The largest absolute Gasteiger partial charge is 0.508 e. The van der Waals surface area contributed by atoms with Crippen LogP contribution in [0.4, 0.5) is 0 Å². The number of aromatic hydroxyl groups is 1. The Hall–Kier alpha value is -0.250. The molecule has 1 aliphatic carbocycles. The van der Waals surface area contributed by atoms with Crippen LogP contribution in [-0.4, -0.2) is 11.1 Å². The SMILES string of the molecule is CC1CCCC1NCc1cc(Br)ccc1O.Cl. The van der Waals surface area contributed by atoms with Crippen molar-refractivity contribution in [2.24, 2.45) is 5.92 Å². The summed E-state index contributed by atoms with van der Waals surface area (Å²) < 4.78 is 1.02. The smallest absolute Gasteiger partial charge is 0.120 e. The summed E-state index contributed by atoms with van der Waals surface area (Å²) in [5.41, 5.74) is 0.966. The van der Waals surface area contributed by atoms with Crippen molar-refractivity contribution < 1.29 is 5.11 Å². The summed E-state index contributed by atoms with van der Waals surface area (Å²) in [6.45, 7) is 3.05. The van der Waals surface area contributed by atoms with Crippen molar-refractivity contribution in [3.63, 3.8) is 0 Å². The molecule has 1 saturated carbocycles. The van der Waals surface area contributed by atoms with Gasteiger partial charge in [0.15, 0.2) is 0 Å². The fourth-order valence-corrected chi connectivity index (χ4v) is 2.79. The average Bonchev–Trinajstić information content (AvgIpc) is 2.66. The van der Waals surface area contributed by atoms with Crippen LogP contribution in [-0.2, 0) is 6.54 Å². The predicted octanol–water partition coefficient (Wildman–Crippen LogP) is 3.85. The maximum absolute atomic E-state index is 9.71. The number of rotatable bonds is 3. The van der Waals surface area contributed by atoms with Crippen LogP contribution in [0.1, 0.15) is 31.7 Å². The molecule has 0 bridgehead atoms. The minimum Gasteiger partial charge on any atom is -0.508 e. The number of phenols is 1. The summed E-state index contributed by atoms with van der Waals surface area (Å²) in [5.74, 6) is 1.13. The molecule has 0 amide bonds. The zero-order valence-electron chi connectivity index (χ0n) is 9.95. The van der Waals surface area contributed by atoms with E-state index in [-0.39, 0.29) is 12.4 Å². The number of benzene rings is 1. The Labute approximate surface area is 117 Å². The summed E-state index contributed by atoms with van der Waals surface area (Å²) >= 11 is 3.42. The van der Waals surface area contributed by atoms with Gasteiger partial charge in [-0.05, 0) is 37.0 Å². The molecule has 1 aliphatic rings. The van der Waals surface area contributed by atoms with Crippen molar-refractivity contribution in [1.29, 1.82) is 0 Å². The third-order valence-electron chi connectivity index (χ3n) is 3.46. The van der Waals surface area contributed by atoms with Crippen molar-refractivity contribution in [3.8, 4) is 5.75 Å². The van der Waals surface area contributed by atoms with Gasteiger partial charge >= 0.3 is 0 Å². The van der Waals surface area contributed by atoms with Crippen LogP contribution in [0.3, 0.4) is 0 Å². The zero-order valence-corrected chi connectivity index (χ0v) is 12.4. The molecule has 2 atom stereocenters. The first kappa shape index (κ1) is 14.8. The van der Waals surface area contributed by atoms with E-state index in [9.17, 15) is 5.11 Å². The van der Waals surface area contributed by atoms with E-state index in [1.54, 1.807) is 6.07 Å². The minimum absolute atomic E-state index is 0. The quantitative estimate of drug-likeness (QED) is 0.886. The monoisotopic (exact) mass is 319 g/mol. The minimum atomic E-state index is 0. The lowest BCUT2D eigenvalue weighted by Crippen LogP contribution is -2.30. The molecule has 1 aromatic rings. The molecule has 2 rings (SSSR count). The van der Waals surface area contributed by atoms with E-state index in [1.165, 1.54) is 19.3 Å². The fraction of sp³-hybridized carbons (Fsp3) is 0.538. The number of hydrogen-bond acceptors (Lipinski definition) is 2. The van der Waals surface area contributed by atoms with Gasteiger partial charge in [-0.15, -0.1) is 12.4 Å². The van der Waals surface area contributed by atoms with Gasteiger partial charge in [0.1, 0.15) is 5.75 Å². The number of nitrogens with one attached hydrogen (secondary N) is 1. The third-order valence-corrected chi connectivity index (χ3v) is 3.95. The van der Waals surface area contributed by atoms with E-state index in [1.807, 2.05) is 12.1 Å². The molecule has 0 spiro atoms. The molecule has 4 heteroatoms. The maximum Gasteiger partial charge on any atom is 0.120 e. The van der Waals surface area contributed by atoms with Gasteiger partial charge in [0.2, 0.25) is 0 Å². The van der Waals surface area contributed by atoms with Crippen LogP contribution in [0, 0.1) is 5.92 Å². The Bertz CT molecular complexity index is 372. The third kappa shape index (κ3) is 3.87. The standard InChI is InChI=1S/C13H18BrNO.ClH/c1-9-3-2-4-12(9)15-8-10-7-11(14)5-6-13(10)16;/h5-7,9,12,15-16H,2-4,8H2,1H3;1H. The summed E-state index contributed by atoms with van der Waals surface area (Å²) in [5, 5.41) is 13.2. The molecule has 0 aromatic heterocycles. The first-order valence-corrected chi connectivity index (χ1v) is 6.67. The highest BCUT2D eigenvalue weighted by Crippen LogP contribution is 2.26. The Balaban J connectivity index is 0.00000144. The number of phenolic OH excluding ortho intramolecular Hbond substituents is 1. The molecule has 0 aliphatic heterocycles. The van der Waals surface area contributed by atoms with E-state index in [4.69, 9.17) is 0 Å². The van der Waals surface area contributed by atoms with Crippen molar-refractivity contribution >= 4 is 28.3 Å². The van der Waals surface area contributed by atoms with Crippen LogP contribution in [0.2, 0.25) is 0 Å². The molecule has 17 heavy (non-hydrogen) atoms. The van der Waals surface area contributed by atoms with Crippen LogP contribution < -0.4 is 5.32 Å². The highest BCUT2D eigenvalue weighted by Gasteiger charge is 2.22. The van der Waals surface area contributed by atoms with Gasteiger partial charge < -0.3 is 10.4 Å². The molecule has 2 unspecified atom stereocenters. The van der Waals surface area contributed by atoms with Gasteiger partial charge in [0.25, 0.3) is 0 Å². The first-order valence-electron chi connectivity index (χ1n) is 5.87. The van der Waals surface area contributed by atoms with Crippen LogP contribution in [0.5, 0.6) is 5.75 Å². The lowest BCUT2D eigenvalue weighted by Gasteiger charge is -2.17. The Morgan fingerprint density at radius 1 is 1.41 bits per heavy atom. The highest BCUT2D eigenvalue weighted by atomic mass is 79.9. The second-order valence-corrected chi connectivity index (χ2v) is 5.58. The summed E-state index contributed by atoms with van der Waals surface area (Å²) in [6, 6.07) is 6.18. The zero-order chi connectivity index (χ0) is 11.5. The van der Waals surface area contributed by atoms with E-state index in [0.29, 0.717) is 11.8 Å². The molecule has 1 fully saturated rings. The summed E-state index contributed by atoms with van der Waals surface area (Å²) in [4.78, 5) is 0. The normalized spacial score (nSPS) is 23.4. The molecule has 2 N–H and O–H groups in total. The van der Waals surface area contributed by atoms with E-state index in [2.05, 4.69) is 28.2 Å². The van der Waals surface area contributed by atoms with Crippen LogP contribution in [0.25, 0.3) is 0 Å². The molecule has 1 aromatic carbocycles. The maximum atomic E-state index is 9.71. The van der Waals surface area contributed by atoms with Gasteiger partial charge in [0.05, 0.1) is 0 Å². The second kappa shape index (κ2) is 6.62. The van der Waals surface area contributed by atoms with Gasteiger partial charge in [0, 0.05) is 22.6 Å². The Morgan fingerprint density at radius 3 is 2.82 bits per heavy atom. The number of hydrogen-bond donors (Lipinski definition) is 2. The van der Waals surface area contributed by atoms with Crippen LogP contribution in [0.15, 0.2) is 22.7 Å². The van der Waals surface area contributed by atoms with Crippen molar-refractivity contribution in [1.82, 2.24) is 5.32 Å². The highest BCUT2D eigenvalue weighted by molar-refractivity contribution is 9.10. The number of halogens is 2. The fourth-order valence-electron chi connectivity index (χ4n) is 2.39. The molecule has 0 saturated heterocycles. The molecule has 0 radical (unpaired) electrons. The van der Waals surface area contributed by atoms with E-state index in [0.717, 1.165) is 22.5 Å². The topological polar surface area (TPSA) is 32.3 Å². The van der Waals surface area contributed by atoms with E-state index < -0.39 is 0 Å².